The zero-order valence-electron chi connectivity index (χ0n) is 17.8. The molecular weight excluding hydrogens is 416 g/mol. The monoisotopic (exact) mass is 440 g/mol. The van der Waals surface area contributed by atoms with Gasteiger partial charge < -0.3 is 24.1 Å². The molecule has 0 amide bonds. The lowest BCUT2D eigenvalue weighted by Crippen LogP contribution is -2.38. The average Bonchev–Trinajstić information content (AvgIpc) is 2.82. The van der Waals surface area contributed by atoms with Crippen molar-refractivity contribution >= 4 is 17.5 Å². The minimum atomic E-state index is -1.55. The first-order chi connectivity index (χ1) is 15.5. The summed E-state index contributed by atoms with van der Waals surface area (Å²) >= 11 is 0. The van der Waals surface area contributed by atoms with Gasteiger partial charge in [0.15, 0.2) is 11.6 Å². The lowest BCUT2D eigenvalue weighted by Gasteiger charge is -2.26. The Morgan fingerprint density at radius 1 is 1.03 bits per heavy atom. The highest BCUT2D eigenvalue weighted by molar-refractivity contribution is 6.26. The Hall–Kier alpha value is -3.33. The molecule has 2 atom stereocenters. The molecule has 0 fully saturated rings. The molecule has 0 aromatic heterocycles. The van der Waals surface area contributed by atoms with Crippen molar-refractivity contribution in [2.75, 3.05) is 21.0 Å². The number of esters is 1. The number of hydrogen-bond acceptors (Lipinski definition) is 8. The standard InChI is InChI=1S/C24H24O8/c1-29-19-10-6-9-16-22(19)18(25)11-17(23(16)27)24(28)20(12-21(26)30-2)32-14-31-13-15-7-4-3-5-8-15/h3-11,20,24,28H,12-14H2,1-2H3/t20-,24-/m1/s1. The molecule has 8 nitrogen and oxygen atoms in total. The van der Waals surface area contributed by atoms with Gasteiger partial charge in [-0.2, -0.15) is 0 Å². The molecule has 32 heavy (non-hydrogen) atoms. The van der Waals surface area contributed by atoms with E-state index in [0.29, 0.717) is 0 Å². The van der Waals surface area contributed by atoms with Gasteiger partial charge in [0.1, 0.15) is 24.8 Å². The van der Waals surface area contributed by atoms with Gasteiger partial charge in [0, 0.05) is 11.1 Å². The van der Waals surface area contributed by atoms with Crippen molar-refractivity contribution in [2.24, 2.45) is 0 Å². The second-order valence-corrected chi connectivity index (χ2v) is 7.06. The van der Waals surface area contributed by atoms with E-state index >= 15 is 0 Å². The van der Waals surface area contributed by atoms with E-state index in [-0.39, 0.29) is 42.3 Å². The number of rotatable bonds is 10. The van der Waals surface area contributed by atoms with Gasteiger partial charge in [0.25, 0.3) is 0 Å². The molecule has 0 saturated carbocycles. The predicted molar refractivity (Wildman–Crippen MR) is 113 cm³/mol. The Morgan fingerprint density at radius 2 is 1.78 bits per heavy atom. The molecule has 168 valence electrons. The molecule has 8 heteroatoms. The van der Waals surface area contributed by atoms with Crippen LogP contribution in [0.5, 0.6) is 5.75 Å². The van der Waals surface area contributed by atoms with Crippen LogP contribution in [0.2, 0.25) is 0 Å². The number of benzene rings is 2. The van der Waals surface area contributed by atoms with Gasteiger partial charge in [-0.05, 0) is 17.7 Å². The van der Waals surface area contributed by atoms with Crippen molar-refractivity contribution in [3.63, 3.8) is 0 Å². The number of hydrogen-bond donors (Lipinski definition) is 1. The fourth-order valence-electron chi connectivity index (χ4n) is 3.38. The summed E-state index contributed by atoms with van der Waals surface area (Å²) in [5.74, 6) is -1.41. The fourth-order valence-corrected chi connectivity index (χ4v) is 3.38. The molecular formula is C24H24O8. The summed E-state index contributed by atoms with van der Waals surface area (Å²) in [5.41, 5.74) is 0.992. The van der Waals surface area contributed by atoms with Crippen LogP contribution in [-0.2, 0) is 25.6 Å². The molecule has 0 aliphatic heterocycles. The molecule has 0 spiro atoms. The topological polar surface area (TPSA) is 108 Å². The first-order valence-electron chi connectivity index (χ1n) is 9.92. The van der Waals surface area contributed by atoms with Crippen LogP contribution >= 0.6 is 0 Å². The van der Waals surface area contributed by atoms with E-state index in [1.807, 2.05) is 30.3 Å². The molecule has 2 aromatic carbocycles. The maximum absolute atomic E-state index is 13.0. The predicted octanol–water partition coefficient (Wildman–Crippen LogP) is 2.48. The molecule has 1 aliphatic carbocycles. The van der Waals surface area contributed by atoms with Gasteiger partial charge in [0.05, 0.1) is 32.8 Å². The summed E-state index contributed by atoms with van der Waals surface area (Å²) < 4.78 is 20.9. The van der Waals surface area contributed by atoms with E-state index in [1.165, 1.54) is 20.3 Å². The summed E-state index contributed by atoms with van der Waals surface area (Å²) in [6, 6.07) is 14.0. The average molecular weight is 440 g/mol. The Kier molecular flexibility index (Phi) is 7.88. The normalized spacial score (nSPS) is 14.9. The number of aliphatic hydroxyl groups excluding tert-OH is 1. The number of carbonyl (C=O) groups excluding carboxylic acids is 3. The van der Waals surface area contributed by atoms with Crippen molar-refractivity contribution in [1.82, 2.24) is 0 Å². The Bertz CT molecular complexity index is 1010. The van der Waals surface area contributed by atoms with E-state index in [9.17, 15) is 19.5 Å². The second kappa shape index (κ2) is 10.8. The van der Waals surface area contributed by atoms with Gasteiger partial charge in [-0.25, -0.2) is 0 Å². The van der Waals surface area contributed by atoms with Crippen LogP contribution in [0.4, 0.5) is 0 Å². The first-order valence-corrected chi connectivity index (χ1v) is 9.92. The molecule has 1 N–H and O–H groups in total. The zero-order valence-corrected chi connectivity index (χ0v) is 17.8. The van der Waals surface area contributed by atoms with E-state index < -0.39 is 29.7 Å². The highest BCUT2D eigenvalue weighted by Gasteiger charge is 2.36. The van der Waals surface area contributed by atoms with Gasteiger partial charge in [-0.3, -0.25) is 14.4 Å². The maximum atomic E-state index is 13.0. The molecule has 0 radical (unpaired) electrons. The second-order valence-electron chi connectivity index (χ2n) is 7.06. The summed E-state index contributed by atoms with van der Waals surface area (Å²) in [6.07, 6.45) is -1.99. The minimum absolute atomic E-state index is 0.114. The molecule has 0 unspecified atom stereocenters. The molecule has 2 aromatic rings. The number of ether oxygens (including phenoxy) is 4. The number of allylic oxidation sites excluding steroid dienone is 1. The van der Waals surface area contributed by atoms with Crippen LogP contribution in [0.3, 0.4) is 0 Å². The first kappa shape index (κ1) is 23.3. The van der Waals surface area contributed by atoms with Crippen LogP contribution in [0.25, 0.3) is 0 Å². The zero-order chi connectivity index (χ0) is 23.1. The van der Waals surface area contributed by atoms with Crippen molar-refractivity contribution in [2.45, 2.75) is 25.2 Å². The van der Waals surface area contributed by atoms with Gasteiger partial charge in [0.2, 0.25) is 0 Å². The molecule has 0 heterocycles. The van der Waals surface area contributed by atoms with Gasteiger partial charge in [-0.15, -0.1) is 0 Å². The summed E-state index contributed by atoms with van der Waals surface area (Å²) in [6.45, 7) is 0.0165. The number of fused-ring (bicyclic) bond motifs is 1. The van der Waals surface area contributed by atoms with E-state index in [0.717, 1.165) is 11.6 Å². The van der Waals surface area contributed by atoms with Gasteiger partial charge >= 0.3 is 5.97 Å². The summed E-state index contributed by atoms with van der Waals surface area (Å²) in [5, 5.41) is 10.9. The number of methoxy groups -OCH3 is 2. The number of carbonyl (C=O) groups is 3. The van der Waals surface area contributed by atoms with Gasteiger partial charge in [-0.1, -0.05) is 42.5 Å². The van der Waals surface area contributed by atoms with Crippen molar-refractivity contribution < 1.29 is 38.4 Å². The molecule has 1 aliphatic rings. The fraction of sp³-hybridized carbons (Fsp3) is 0.292. The van der Waals surface area contributed by atoms with Crippen molar-refractivity contribution in [1.29, 1.82) is 0 Å². The number of ketones is 2. The van der Waals surface area contributed by atoms with Crippen LogP contribution in [0, 0.1) is 0 Å². The van der Waals surface area contributed by atoms with Crippen LogP contribution in [-0.4, -0.2) is 55.9 Å². The van der Waals surface area contributed by atoms with Crippen molar-refractivity contribution in [3.8, 4) is 5.75 Å². The summed E-state index contributed by atoms with van der Waals surface area (Å²) in [4.78, 5) is 37.5. The van der Waals surface area contributed by atoms with Crippen LogP contribution in [0.1, 0.15) is 32.7 Å². The number of Topliss-reactive ketones (excluding diaryl/α,β-unsaturated/α-hetero) is 1. The Balaban J connectivity index is 1.75. The lowest BCUT2D eigenvalue weighted by atomic mass is 9.85. The summed E-state index contributed by atoms with van der Waals surface area (Å²) in [7, 11) is 2.60. The highest BCUT2D eigenvalue weighted by atomic mass is 16.7. The van der Waals surface area contributed by atoms with E-state index in [1.54, 1.807) is 12.1 Å². The maximum Gasteiger partial charge on any atom is 0.308 e. The number of aliphatic hydroxyl groups is 1. The van der Waals surface area contributed by atoms with Crippen LogP contribution in [0.15, 0.2) is 60.2 Å². The smallest absolute Gasteiger partial charge is 0.308 e. The Labute approximate surface area is 185 Å². The lowest BCUT2D eigenvalue weighted by molar-refractivity contribution is -0.154. The molecule has 0 bridgehead atoms. The highest BCUT2D eigenvalue weighted by Crippen LogP contribution is 2.31. The van der Waals surface area contributed by atoms with E-state index in [4.69, 9.17) is 14.2 Å². The minimum Gasteiger partial charge on any atom is -0.496 e. The van der Waals surface area contributed by atoms with E-state index in [2.05, 4.69) is 4.74 Å². The van der Waals surface area contributed by atoms with Crippen molar-refractivity contribution in [3.05, 3.63) is 76.9 Å². The largest absolute Gasteiger partial charge is 0.496 e. The quantitative estimate of drug-likeness (QED) is 0.341. The van der Waals surface area contributed by atoms with Crippen LogP contribution < -0.4 is 4.74 Å². The molecule has 0 saturated heterocycles. The Morgan fingerprint density at radius 3 is 2.47 bits per heavy atom. The third-order valence-electron chi connectivity index (χ3n) is 5.03. The third-order valence-corrected chi connectivity index (χ3v) is 5.03. The third kappa shape index (κ3) is 5.28. The SMILES string of the molecule is COC(=O)C[C@@H](OCOCc1ccccc1)[C@H](O)C1=CC(=O)c2c(OC)cccc2C1=O. The molecule has 3 rings (SSSR count).